The van der Waals surface area contributed by atoms with Gasteiger partial charge in [-0.2, -0.15) is 0 Å². The summed E-state index contributed by atoms with van der Waals surface area (Å²) in [5, 5.41) is 0. The van der Waals surface area contributed by atoms with Crippen molar-refractivity contribution in [3.05, 3.63) is 12.7 Å². The average Bonchev–Trinajstić information content (AvgIpc) is 2.87. The van der Waals surface area contributed by atoms with Gasteiger partial charge in [-0.15, -0.1) is 0 Å². The molecular weight excluding hydrogens is 297 g/mol. The molecule has 0 radical (unpaired) electrons. The number of nitrogens with zero attached hydrogens (tertiary/aromatic N) is 4. The lowest BCUT2D eigenvalue weighted by Gasteiger charge is -2.16. The van der Waals surface area contributed by atoms with E-state index in [-0.39, 0.29) is 19.2 Å². The Bertz CT molecular complexity index is 581. The molecule has 10 heteroatoms. The lowest BCUT2D eigenvalue weighted by Crippen LogP contribution is -2.17. The van der Waals surface area contributed by atoms with Crippen molar-refractivity contribution in [1.82, 2.24) is 19.5 Å². The number of nitrogens with two attached hydrogens (primary N) is 1. The highest BCUT2D eigenvalue weighted by Crippen LogP contribution is 2.31. The van der Waals surface area contributed by atoms with Gasteiger partial charge in [-0.1, -0.05) is 0 Å². The molecule has 0 saturated heterocycles. The molecule has 0 aliphatic rings. The monoisotopic (exact) mass is 315 g/mol. The first-order valence-corrected chi connectivity index (χ1v) is 7.62. The first-order valence-electron chi connectivity index (χ1n) is 6.23. The van der Waals surface area contributed by atoms with Gasteiger partial charge in [0.1, 0.15) is 18.2 Å². The van der Waals surface area contributed by atoms with Gasteiger partial charge in [-0.05, 0) is 6.92 Å². The summed E-state index contributed by atoms with van der Waals surface area (Å²) in [6.07, 6.45) is 3.00. The van der Waals surface area contributed by atoms with Gasteiger partial charge in [0, 0.05) is 7.11 Å². The molecule has 2 aromatic rings. The van der Waals surface area contributed by atoms with Crippen LogP contribution in [0.3, 0.4) is 0 Å². The molecule has 116 valence electrons. The highest BCUT2D eigenvalue weighted by molar-refractivity contribution is 7.45. The van der Waals surface area contributed by atoms with Crippen LogP contribution >= 0.6 is 8.38 Å². The maximum atomic E-state index is 9.54. The summed E-state index contributed by atoms with van der Waals surface area (Å²) in [6.45, 7) is 2.46. The van der Waals surface area contributed by atoms with Crippen LogP contribution < -0.4 is 5.73 Å². The quantitative estimate of drug-likeness (QED) is 0.540. The minimum atomic E-state index is -1.64. The van der Waals surface area contributed by atoms with Gasteiger partial charge < -0.3 is 29.2 Å². The fourth-order valence-corrected chi connectivity index (χ4v) is 2.39. The number of fused-ring (bicyclic) bond motifs is 1. The number of nitrogen functional groups attached to an aromatic ring is 1. The van der Waals surface area contributed by atoms with Gasteiger partial charge in [0.15, 0.2) is 26.6 Å². The summed E-state index contributed by atoms with van der Waals surface area (Å²) in [6, 6.07) is 0. The van der Waals surface area contributed by atoms with Gasteiger partial charge in [0.25, 0.3) is 0 Å². The fourth-order valence-electron chi connectivity index (χ4n) is 1.70. The number of rotatable bonds is 8. The average molecular weight is 315 g/mol. The predicted octanol–water partition coefficient (Wildman–Crippen LogP) is 0.696. The lowest BCUT2D eigenvalue weighted by molar-refractivity contribution is 0.0369. The van der Waals surface area contributed by atoms with Crippen molar-refractivity contribution in [2.75, 3.05) is 26.0 Å². The van der Waals surface area contributed by atoms with E-state index >= 15 is 0 Å². The fraction of sp³-hybridized carbons (Fsp3) is 0.545. The van der Waals surface area contributed by atoms with Crippen LogP contribution in [0.4, 0.5) is 5.82 Å². The summed E-state index contributed by atoms with van der Waals surface area (Å²) in [7, 11) is -0.149. The summed E-state index contributed by atoms with van der Waals surface area (Å²) >= 11 is 0. The molecule has 0 amide bonds. The SMILES string of the molecule is COCOP(O)COC(C)Cn1cnc2c(N)ncnc21. The summed E-state index contributed by atoms with van der Waals surface area (Å²) in [4.78, 5) is 21.8. The van der Waals surface area contributed by atoms with Crippen LogP contribution in [0, 0.1) is 0 Å². The second kappa shape index (κ2) is 7.58. The second-order valence-corrected chi connectivity index (χ2v) is 5.54. The Balaban J connectivity index is 1.90. The van der Waals surface area contributed by atoms with E-state index in [0.717, 1.165) is 0 Å². The molecule has 2 heterocycles. The molecule has 0 fully saturated rings. The molecule has 0 bridgehead atoms. The number of imidazole rings is 1. The highest BCUT2D eigenvalue weighted by Gasteiger charge is 2.13. The van der Waals surface area contributed by atoms with Crippen molar-refractivity contribution < 1.29 is 18.9 Å². The third-order valence-corrected chi connectivity index (χ3v) is 3.45. The molecule has 0 aliphatic heterocycles. The zero-order chi connectivity index (χ0) is 15.2. The van der Waals surface area contributed by atoms with E-state index in [9.17, 15) is 4.89 Å². The predicted molar refractivity (Wildman–Crippen MR) is 77.2 cm³/mol. The largest absolute Gasteiger partial charge is 0.382 e. The minimum absolute atomic E-state index is 0.0439. The van der Waals surface area contributed by atoms with E-state index in [1.54, 1.807) is 6.33 Å². The number of aromatic nitrogens is 4. The zero-order valence-corrected chi connectivity index (χ0v) is 12.7. The van der Waals surface area contributed by atoms with Crippen LogP contribution in [0.25, 0.3) is 11.2 Å². The Labute approximate surface area is 123 Å². The van der Waals surface area contributed by atoms with Crippen molar-refractivity contribution in [2.45, 2.75) is 19.6 Å². The van der Waals surface area contributed by atoms with E-state index in [4.69, 9.17) is 19.7 Å². The van der Waals surface area contributed by atoms with Crippen molar-refractivity contribution in [2.24, 2.45) is 0 Å². The van der Waals surface area contributed by atoms with Crippen LogP contribution in [0.15, 0.2) is 12.7 Å². The Morgan fingerprint density at radius 3 is 3.00 bits per heavy atom. The van der Waals surface area contributed by atoms with Crippen LogP contribution in [0.5, 0.6) is 0 Å². The van der Waals surface area contributed by atoms with E-state index in [1.807, 2.05) is 11.5 Å². The Hall–Kier alpha value is -1.38. The van der Waals surface area contributed by atoms with Gasteiger partial charge in [-0.3, -0.25) is 0 Å². The number of anilines is 1. The molecule has 0 saturated carbocycles. The van der Waals surface area contributed by atoms with Crippen LogP contribution in [-0.4, -0.2) is 50.8 Å². The van der Waals surface area contributed by atoms with Crippen LogP contribution in [-0.2, 0) is 20.5 Å². The third-order valence-electron chi connectivity index (χ3n) is 2.67. The highest BCUT2D eigenvalue weighted by atomic mass is 31.2. The topological polar surface area (TPSA) is 118 Å². The third kappa shape index (κ3) is 4.29. The molecule has 2 aromatic heterocycles. The molecule has 9 nitrogen and oxygen atoms in total. The van der Waals surface area contributed by atoms with E-state index in [2.05, 4.69) is 15.0 Å². The van der Waals surface area contributed by atoms with Crippen molar-refractivity contribution in [3.63, 3.8) is 0 Å². The number of hydrogen-bond donors (Lipinski definition) is 2. The van der Waals surface area contributed by atoms with Crippen molar-refractivity contribution in [3.8, 4) is 0 Å². The molecule has 2 unspecified atom stereocenters. The van der Waals surface area contributed by atoms with E-state index in [0.29, 0.717) is 23.5 Å². The molecule has 2 atom stereocenters. The van der Waals surface area contributed by atoms with Gasteiger partial charge >= 0.3 is 0 Å². The number of methoxy groups -OCH3 is 1. The first kappa shape index (κ1) is 16.0. The molecule has 2 rings (SSSR count). The summed E-state index contributed by atoms with van der Waals surface area (Å²) in [5.74, 6) is 0.346. The Morgan fingerprint density at radius 1 is 1.43 bits per heavy atom. The molecule has 0 aliphatic carbocycles. The van der Waals surface area contributed by atoms with Crippen LogP contribution in [0.2, 0.25) is 0 Å². The molecule has 0 spiro atoms. The second-order valence-electron chi connectivity index (χ2n) is 4.32. The number of hydrogen-bond acceptors (Lipinski definition) is 8. The normalized spacial score (nSPS) is 14.4. The van der Waals surface area contributed by atoms with Crippen molar-refractivity contribution in [1.29, 1.82) is 0 Å². The Morgan fingerprint density at radius 2 is 2.24 bits per heavy atom. The smallest absolute Gasteiger partial charge is 0.197 e. The summed E-state index contributed by atoms with van der Waals surface area (Å²) in [5.41, 5.74) is 6.95. The molecule has 3 N–H and O–H groups in total. The maximum Gasteiger partial charge on any atom is 0.197 e. The van der Waals surface area contributed by atoms with Gasteiger partial charge in [-0.25, -0.2) is 15.0 Å². The Kier molecular flexibility index (Phi) is 5.77. The summed E-state index contributed by atoms with van der Waals surface area (Å²) < 4.78 is 17.0. The van der Waals surface area contributed by atoms with Gasteiger partial charge in [0.05, 0.1) is 19.0 Å². The molecular formula is C11H18N5O4P. The standard InChI is InChI=1S/C11H18N5O4P/c1-8(19-7-21(17)20-6-18-2)3-16-5-15-9-10(12)13-4-14-11(9)16/h4-5,8,17H,3,6-7H2,1-2H3,(H2,12,13,14). The first-order chi connectivity index (χ1) is 10.1. The van der Waals surface area contributed by atoms with Gasteiger partial charge in [0.2, 0.25) is 0 Å². The maximum absolute atomic E-state index is 9.54. The minimum Gasteiger partial charge on any atom is -0.382 e. The molecule has 0 aromatic carbocycles. The zero-order valence-electron chi connectivity index (χ0n) is 11.8. The van der Waals surface area contributed by atoms with E-state index in [1.165, 1.54) is 13.4 Å². The number of ether oxygens (including phenoxy) is 2. The lowest BCUT2D eigenvalue weighted by atomic mass is 10.4. The van der Waals surface area contributed by atoms with Crippen molar-refractivity contribution >= 4 is 25.4 Å². The van der Waals surface area contributed by atoms with Crippen LogP contribution in [0.1, 0.15) is 6.92 Å². The molecule has 21 heavy (non-hydrogen) atoms. The van der Waals surface area contributed by atoms with E-state index < -0.39 is 8.38 Å².